The lowest BCUT2D eigenvalue weighted by Gasteiger charge is -2.31. The Kier molecular flexibility index (Phi) is 8.95. The third-order valence-corrected chi connectivity index (χ3v) is 9.30. The van der Waals surface area contributed by atoms with Crippen LogP contribution < -0.4 is 0 Å². The molecule has 1 aliphatic heterocycles. The van der Waals surface area contributed by atoms with E-state index in [9.17, 15) is 13.2 Å². The lowest BCUT2D eigenvalue weighted by molar-refractivity contribution is -0.131. The largest absolute Gasteiger partial charge is 0.342 e. The fourth-order valence-corrected chi connectivity index (χ4v) is 6.53. The minimum absolute atomic E-state index is 0.110. The molecule has 0 saturated carbocycles. The third kappa shape index (κ3) is 5.72. The zero-order valence-corrected chi connectivity index (χ0v) is 22.1. The predicted octanol–water partition coefficient (Wildman–Crippen LogP) is 3.90. The molecule has 2 aromatic rings. The van der Waals surface area contributed by atoms with Gasteiger partial charge in [-0.3, -0.25) is 9.36 Å². The highest BCUT2D eigenvalue weighted by atomic mass is 32.2. The number of amides is 1. The van der Waals surface area contributed by atoms with Crippen LogP contribution in [0.1, 0.15) is 40.5 Å². The van der Waals surface area contributed by atoms with E-state index in [1.165, 1.54) is 16.1 Å². The van der Waals surface area contributed by atoms with Crippen LogP contribution in [-0.4, -0.2) is 69.7 Å². The van der Waals surface area contributed by atoms with Crippen LogP contribution in [0.25, 0.3) is 11.4 Å². The fraction of sp³-hybridized carbons (Fsp3) is 0.542. The monoisotopic (exact) mass is 505 g/mol. The number of likely N-dealkylation sites (tertiary alicyclic amines) is 1. The van der Waals surface area contributed by atoms with E-state index >= 15 is 0 Å². The van der Waals surface area contributed by atoms with Gasteiger partial charge in [-0.15, -0.1) is 16.8 Å². The molecule has 1 amide bonds. The fourth-order valence-electron chi connectivity index (χ4n) is 4.09. The molecule has 34 heavy (non-hydrogen) atoms. The number of nitrogens with zero attached hydrogens (tertiary/aromatic N) is 5. The molecule has 8 nitrogen and oxygen atoms in total. The van der Waals surface area contributed by atoms with Crippen molar-refractivity contribution < 1.29 is 13.2 Å². The number of benzene rings is 1. The van der Waals surface area contributed by atoms with Crippen molar-refractivity contribution in [2.45, 2.75) is 62.4 Å². The van der Waals surface area contributed by atoms with Gasteiger partial charge in [0.1, 0.15) is 0 Å². The minimum Gasteiger partial charge on any atom is -0.342 e. The molecule has 0 bridgehead atoms. The molecule has 10 heteroatoms. The van der Waals surface area contributed by atoms with Gasteiger partial charge in [-0.25, -0.2) is 8.42 Å². The molecule has 1 fully saturated rings. The summed E-state index contributed by atoms with van der Waals surface area (Å²) in [7, 11) is -3.60. The number of hydrogen-bond donors (Lipinski definition) is 0. The van der Waals surface area contributed by atoms with Crippen LogP contribution in [0.3, 0.4) is 0 Å². The van der Waals surface area contributed by atoms with Gasteiger partial charge >= 0.3 is 0 Å². The van der Waals surface area contributed by atoms with Crippen molar-refractivity contribution >= 4 is 27.7 Å². The average Bonchev–Trinajstić information content (AvgIpc) is 3.22. The zero-order chi connectivity index (χ0) is 24.9. The first kappa shape index (κ1) is 26.4. The second-order valence-electron chi connectivity index (χ2n) is 8.59. The highest BCUT2D eigenvalue weighted by molar-refractivity contribution is 8.00. The van der Waals surface area contributed by atoms with Gasteiger partial charge in [0.05, 0.1) is 10.1 Å². The first-order valence-electron chi connectivity index (χ1n) is 11.8. The Bertz CT molecular complexity index is 1100. The smallest absolute Gasteiger partial charge is 0.243 e. The molecule has 1 aromatic carbocycles. The Morgan fingerprint density at radius 2 is 1.94 bits per heavy atom. The SMILES string of the molecule is C=CCn1c(SC(C)C(=O)N2CCC(C)CC2)nnc1-c1cccc(S(=O)(=O)N(CC)CC)c1. The Morgan fingerprint density at radius 3 is 2.56 bits per heavy atom. The molecule has 1 aliphatic rings. The Hall–Kier alpha value is -2.17. The van der Waals surface area contributed by atoms with Crippen molar-refractivity contribution in [1.29, 1.82) is 0 Å². The summed E-state index contributed by atoms with van der Waals surface area (Å²) in [4.78, 5) is 15.1. The molecule has 1 aromatic heterocycles. The zero-order valence-electron chi connectivity index (χ0n) is 20.5. The number of thioether (sulfide) groups is 1. The summed E-state index contributed by atoms with van der Waals surface area (Å²) < 4.78 is 29.3. The second-order valence-corrected chi connectivity index (χ2v) is 11.8. The van der Waals surface area contributed by atoms with Crippen LogP contribution in [-0.2, 0) is 21.4 Å². The van der Waals surface area contributed by atoms with E-state index in [-0.39, 0.29) is 16.1 Å². The summed E-state index contributed by atoms with van der Waals surface area (Å²) in [5.74, 6) is 1.32. The Morgan fingerprint density at radius 1 is 1.26 bits per heavy atom. The molecule has 0 N–H and O–H groups in total. The normalized spacial score (nSPS) is 16.1. The first-order valence-corrected chi connectivity index (χ1v) is 14.1. The quantitative estimate of drug-likeness (QED) is 0.359. The van der Waals surface area contributed by atoms with Crippen molar-refractivity contribution in [3.8, 4) is 11.4 Å². The van der Waals surface area contributed by atoms with Crippen LogP contribution in [0.15, 0.2) is 47.0 Å². The average molecular weight is 506 g/mol. The van der Waals surface area contributed by atoms with E-state index in [2.05, 4.69) is 23.7 Å². The number of aromatic nitrogens is 3. The molecular formula is C24H35N5O3S2. The number of carbonyl (C=O) groups excluding carboxylic acids is 1. The van der Waals surface area contributed by atoms with E-state index in [4.69, 9.17) is 0 Å². The Balaban J connectivity index is 1.87. The van der Waals surface area contributed by atoms with E-state index in [1.807, 2.05) is 36.3 Å². The maximum Gasteiger partial charge on any atom is 0.243 e. The molecular weight excluding hydrogens is 470 g/mol. The highest BCUT2D eigenvalue weighted by Crippen LogP contribution is 2.30. The molecule has 2 heterocycles. The number of carbonyl (C=O) groups is 1. The van der Waals surface area contributed by atoms with Crippen LogP contribution in [0.2, 0.25) is 0 Å². The molecule has 186 valence electrons. The predicted molar refractivity (Wildman–Crippen MR) is 136 cm³/mol. The maximum absolute atomic E-state index is 13.0. The molecule has 1 saturated heterocycles. The van der Waals surface area contributed by atoms with Gasteiger partial charge < -0.3 is 4.90 Å². The van der Waals surface area contributed by atoms with Crippen molar-refractivity contribution in [3.05, 3.63) is 36.9 Å². The number of sulfonamides is 1. The van der Waals surface area contributed by atoms with Crippen molar-refractivity contribution in [3.63, 3.8) is 0 Å². The third-order valence-electron chi connectivity index (χ3n) is 6.19. The first-order chi connectivity index (χ1) is 16.2. The highest BCUT2D eigenvalue weighted by Gasteiger charge is 2.27. The number of hydrogen-bond acceptors (Lipinski definition) is 6. The van der Waals surface area contributed by atoms with E-state index in [0.717, 1.165) is 25.9 Å². The number of allylic oxidation sites excluding steroid dienone is 1. The van der Waals surface area contributed by atoms with Crippen LogP contribution in [0.4, 0.5) is 0 Å². The maximum atomic E-state index is 13.0. The van der Waals surface area contributed by atoms with Crippen LogP contribution >= 0.6 is 11.8 Å². The van der Waals surface area contributed by atoms with Gasteiger partial charge in [0.15, 0.2) is 11.0 Å². The van der Waals surface area contributed by atoms with Crippen molar-refractivity contribution in [1.82, 2.24) is 24.0 Å². The Labute approximate surface area is 207 Å². The molecule has 0 radical (unpaired) electrons. The van der Waals surface area contributed by atoms with Gasteiger partial charge in [0, 0.05) is 38.3 Å². The summed E-state index contributed by atoms with van der Waals surface area (Å²) in [5.41, 5.74) is 0.651. The lowest BCUT2D eigenvalue weighted by atomic mass is 9.99. The minimum atomic E-state index is -3.60. The molecule has 0 aliphatic carbocycles. The van der Waals surface area contributed by atoms with Crippen LogP contribution in [0.5, 0.6) is 0 Å². The van der Waals surface area contributed by atoms with E-state index < -0.39 is 10.0 Å². The summed E-state index contributed by atoms with van der Waals surface area (Å²) in [6.07, 6.45) is 3.81. The van der Waals surface area contributed by atoms with Gasteiger partial charge in [-0.2, -0.15) is 4.31 Å². The molecule has 3 rings (SSSR count). The summed E-state index contributed by atoms with van der Waals surface area (Å²) in [6, 6.07) is 6.77. The number of piperidine rings is 1. The van der Waals surface area contributed by atoms with Gasteiger partial charge in [0.25, 0.3) is 0 Å². The summed E-state index contributed by atoms with van der Waals surface area (Å²) in [6.45, 7) is 14.4. The van der Waals surface area contributed by atoms with Crippen molar-refractivity contribution in [2.75, 3.05) is 26.2 Å². The standard InChI is InChI=1S/C24H35N5O3S2/c1-6-14-29-22(20-10-9-11-21(17-20)34(31,32)28(7-2)8-3)25-26-24(29)33-19(5)23(30)27-15-12-18(4)13-16-27/h6,9-11,17-19H,1,7-8,12-16H2,2-5H3. The van der Waals surface area contributed by atoms with E-state index in [0.29, 0.717) is 42.1 Å². The molecule has 0 spiro atoms. The molecule has 1 unspecified atom stereocenters. The summed E-state index contributed by atoms with van der Waals surface area (Å²) >= 11 is 1.37. The summed E-state index contributed by atoms with van der Waals surface area (Å²) in [5, 5.41) is 9.01. The van der Waals surface area contributed by atoms with Gasteiger partial charge in [-0.05, 0) is 37.8 Å². The van der Waals surface area contributed by atoms with Gasteiger partial charge in [-0.1, -0.05) is 50.7 Å². The molecule has 1 atom stereocenters. The van der Waals surface area contributed by atoms with Crippen molar-refractivity contribution in [2.24, 2.45) is 5.92 Å². The van der Waals surface area contributed by atoms with Gasteiger partial charge in [0.2, 0.25) is 15.9 Å². The topological polar surface area (TPSA) is 88.4 Å². The number of rotatable bonds is 10. The van der Waals surface area contributed by atoms with E-state index in [1.54, 1.807) is 24.3 Å². The lowest BCUT2D eigenvalue weighted by Crippen LogP contribution is -2.41. The second kappa shape index (κ2) is 11.5. The van der Waals surface area contributed by atoms with Crippen LogP contribution in [0, 0.1) is 5.92 Å².